The summed E-state index contributed by atoms with van der Waals surface area (Å²) >= 11 is 0. The van der Waals surface area contributed by atoms with Crippen molar-refractivity contribution in [1.29, 1.82) is 0 Å². The molecule has 0 spiro atoms. The van der Waals surface area contributed by atoms with Crippen LogP contribution in [0.2, 0.25) is 0 Å². The number of rotatable bonds is 4. The maximum Gasteiger partial charge on any atom is 3.00 e. The van der Waals surface area contributed by atoms with Crippen LogP contribution in [0.3, 0.4) is 0 Å². The van der Waals surface area contributed by atoms with Crippen molar-refractivity contribution in [2.45, 2.75) is 0 Å². The van der Waals surface area contributed by atoms with Gasteiger partial charge in [-0.05, 0) is 0 Å². The van der Waals surface area contributed by atoms with Gasteiger partial charge in [0.15, 0.2) is 0 Å². The van der Waals surface area contributed by atoms with Crippen molar-refractivity contribution in [3.63, 3.8) is 0 Å². The van der Waals surface area contributed by atoms with E-state index in [0.717, 1.165) is 0 Å². The first kappa shape index (κ1) is 12.7. The van der Waals surface area contributed by atoms with Crippen molar-refractivity contribution < 1.29 is 42.2 Å². The standard InChI is InChI=1S/C6H13O2.Y/c1-6(4-7-2)5-8-3;/h6H,1,4-5H2,2-3H3;/q-1;+3. The van der Waals surface area contributed by atoms with Crippen LogP contribution in [0.5, 0.6) is 0 Å². The number of hydrogen-bond acceptors (Lipinski definition) is 2. The second-order valence-electron chi connectivity index (χ2n) is 1.78. The molecule has 3 heteroatoms. The smallest absolute Gasteiger partial charge is 0.387 e. The van der Waals surface area contributed by atoms with Gasteiger partial charge in [-0.15, -0.1) is 5.92 Å². The third-order valence-corrected chi connectivity index (χ3v) is 0.805. The van der Waals surface area contributed by atoms with Crippen molar-refractivity contribution in [3.8, 4) is 0 Å². The maximum absolute atomic E-state index is 4.81. The second-order valence-corrected chi connectivity index (χ2v) is 1.78. The number of ether oxygens (including phenoxy) is 2. The van der Waals surface area contributed by atoms with E-state index in [4.69, 9.17) is 9.47 Å². The van der Waals surface area contributed by atoms with Crippen molar-refractivity contribution in [1.82, 2.24) is 0 Å². The van der Waals surface area contributed by atoms with E-state index in [0.29, 0.717) is 13.2 Å². The van der Waals surface area contributed by atoms with Crippen LogP contribution in [0.4, 0.5) is 0 Å². The van der Waals surface area contributed by atoms with Gasteiger partial charge in [0, 0.05) is 27.4 Å². The molecule has 0 aliphatic rings. The summed E-state index contributed by atoms with van der Waals surface area (Å²) in [6.45, 7) is 5.12. The fourth-order valence-corrected chi connectivity index (χ4v) is 0.520. The Balaban J connectivity index is 0. The summed E-state index contributed by atoms with van der Waals surface area (Å²) in [4.78, 5) is 0. The molecule has 0 radical (unpaired) electrons. The summed E-state index contributed by atoms with van der Waals surface area (Å²) in [5.41, 5.74) is 0. The largest absolute Gasteiger partial charge is 3.00 e. The first-order valence-electron chi connectivity index (χ1n) is 2.62. The van der Waals surface area contributed by atoms with Gasteiger partial charge < -0.3 is 16.4 Å². The zero-order chi connectivity index (χ0) is 6.41. The minimum atomic E-state index is 0. The van der Waals surface area contributed by atoms with Gasteiger partial charge in [0.25, 0.3) is 0 Å². The van der Waals surface area contributed by atoms with E-state index in [-0.39, 0.29) is 38.6 Å². The van der Waals surface area contributed by atoms with E-state index in [1.54, 1.807) is 14.2 Å². The van der Waals surface area contributed by atoms with Gasteiger partial charge in [-0.2, -0.15) is 0 Å². The molecule has 0 aromatic rings. The van der Waals surface area contributed by atoms with Crippen LogP contribution in [0.25, 0.3) is 0 Å². The van der Waals surface area contributed by atoms with Gasteiger partial charge in [0.1, 0.15) is 0 Å². The first-order chi connectivity index (χ1) is 3.81. The van der Waals surface area contributed by atoms with Gasteiger partial charge in [-0.3, -0.25) is 0 Å². The van der Waals surface area contributed by atoms with Crippen molar-refractivity contribution in [2.24, 2.45) is 5.92 Å². The molecule has 0 atom stereocenters. The Labute approximate surface area is 82.2 Å². The van der Waals surface area contributed by atoms with Gasteiger partial charge in [-0.25, -0.2) is 0 Å². The van der Waals surface area contributed by atoms with Crippen LogP contribution in [-0.2, 0) is 42.2 Å². The topological polar surface area (TPSA) is 18.5 Å². The van der Waals surface area contributed by atoms with Crippen molar-refractivity contribution >= 4 is 0 Å². The van der Waals surface area contributed by atoms with Crippen LogP contribution in [0, 0.1) is 12.8 Å². The molecule has 2 nitrogen and oxygen atoms in total. The van der Waals surface area contributed by atoms with Gasteiger partial charge in [0.05, 0.1) is 0 Å². The first-order valence-corrected chi connectivity index (χ1v) is 2.62. The van der Waals surface area contributed by atoms with Crippen molar-refractivity contribution in [2.75, 3.05) is 27.4 Å². The van der Waals surface area contributed by atoms with Gasteiger partial charge in [-0.1, -0.05) is 0 Å². The predicted molar refractivity (Wildman–Crippen MR) is 32.6 cm³/mol. The third kappa shape index (κ3) is 9.02. The van der Waals surface area contributed by atoms with E-state index >= 15 is 0 Å². The molecule has 0 heterocycles. The van der Waals surface area contributed by atoms with Gasteiger partial charge >= 0.3 is 32.7 Å². The SMILES string of the molecule is [CH2-]C(COC)COC.[Y+3]. The molecule has 0 aliphatic heterocycles. The van der Waals surface area contributed by atoms with Crippen LogP contribution in [0.1, 0.15) is 0 Å². The summed E-state index contributed by atoms with van der Waals surface area (Å²) in [7, 11) is 3.32. The van der Waals surface area contributed by atoms with E-state index in [1.807, 2.05) is 0 Å². The van der Waals surface area contributed by atoms with E-state index in [2.05, 4.69) is 6.92 Å². The Hall–Kier alpha value is 1.02. The molecule has 0 fully saturated rings. The summed E-state index contributed by atoms with van der Waals surface area (Å²) < 4.78 is 9.63. The summed E-state index contributed by atoms with van der Waals surface area (Å²) in [6.07, 6.45) is 0. The molecule has 50 valence electrons. The second kappa shape index (κ2) is 9.02. The monoisotopic (exact) mass is 206 g/mol. The molecule has 0 amide bonds. The van der Waals surface area contributed by atoms with Crippen LogP contribution < -0.4 is 0 Å². The molecule has 0 rings (SSSR count). The van der Waals surface area contributed by atoms with Crippen LogP contribution >= 0.6 is 0 Å². The molecule has 0 aromatic carbocycles. The maximum atomic E-state index is 4.81. The Kier molecular flexibility index (Phi) is 12.7. The molecule has 0 saturated heterocycles. The molecule has 0 saturated carbocycles. The zero-order valence-corrected chi connectivity index (χ0v) is 8.93. The number of hydrogen-bond donors (Lipinski definition) is 0. The molecule has 0 aromatic heterocycles. The molecule has 0 N–H and O–H groups in total. The van der Waals surface area contributed by atoms with Crippen LogP contribution in [-0.4, -0.2) is 27.4 Å². The Morgan fingerprint density at radius 1 is 1.22 bits per heavy atom. The quantitative estimate of drug-likeness (QED) is 0.631. The average Bonchev–Trinajstić information content (AvgIpc) is 1.68. The fourth-order valence-electron chi connectivity index (χ4n) is 0.520. The normalized spacial score (nSPS) is 9.33. The van der Waals surface area contributed by atoms with E-state index < -0.39 is 0 Å². The molecule has 0 aliphatic carbocycles. The summed E-state index contributed by atoms with van der Waals surface area (Å²) in [5, 5.41) is 0. The Morgan fingerprint density at radius 2 is 1.56 bits per heavy atom. The summed E-state index contributed by atoms with van der Waals surface area (Å²) in [5.74, 6) is 0.269. The number of methoxy groups -OCH3 is 2. The van der Waals surface area contributed by atoms with Crippen molar-refractivity contribution in [3.05, 3.63) is 6.92 Å². The third-order valence-electron chi connectivity index (χ3n) is 0.805. The molecule has 0 unspecified atom stereocenters. The molecule has 0 bridgehead atoms. The minimum Gasteiger partial charge on any atom is -0.387 e. The average molecular weight is 206 g/mol. The van der Waals surface area contributed by atoms with Gasteiger partial charge in [0.2, 0.25) is 0 Å². The molecular weight excluding hydrogens is 193 g/mol. The Bertz CT molecular complexity index is 44.3. The molecular formula is C6H13O2Y+2. The minimum absolute atomic E-state index is 0. The zero-order valence-electron chi connectivity index (χ0n) is 6.09. The fraction of sp³-hybridized carbons (Fsp3) is 0.833. The summed E-state index contributed by atoms with van der Waals surface area (Å²) in [6, 6.07) is 0. The molecule has 9 heavy (non-hydrogen) atoms. The predicted octanol–water partition coefficient (Wildman–Crippen LogP) is 0.727. The van der Waals surface area contributed by atoms with Crippen LogP contribution in [0.15, 0.2) is 0 Å². The van der Waals surface area contributed by atoms with E-state index in [9.17, 15) is 0 Å². The Morgan fingerprint density at radius 3 is 1.78 bits per heavy atom. The van der Waals surface area contributed by atoms with E-state index in [1.165, 1.54) is 0 Å².